The molecule has 0 aliphatic rings. The summed E-state index contributed by atoms with van der Waals surface area (Å²) in [6.07, 6.45) is 0. The van der Waals surface area contributed by atoms with Crippen molar-refractivity contribution in [2.75, 3.05) is 0 Å². The maximum Gasteiger partial charge on any atom is 0.137 e. The monoisotopic (exact) mass is 736 g/mol. The number of benzene rings is 8. The van der Waals surface area contributed by atoms with Crippen molar-refractivity contribution in [1.29, 1.82) is 0 Å². The standard InChI is InChI=1S/C51H36N2O2Si/c1-56(2,3)35-20-23-49-41(26-35)43-28-40-38-25-32(19-22-45(38)53(34-14-8-5-9-15-34)47(40)30-51(43)55-49)31-18-21-44-37(24-31)39-27-42-36-16-10-11-17-48(36)54-50(42)29-46(39)52(44)33-12-6-4-7-13-33/h4-30H,1-3H3. The van der Waals surface area contributed by atoms with Crippen LogP contribution in [0, 0.1) is 0 Å². The van der Waals surface area contributed by atoms with Crippen molar-refractivity contribution < 1.29 is 8.83 Å². The first-order valence-electron chi connectivity index (χ1n) is 19.3. The van der Waals surface area contributed by atoms with Gasteiger partial charge in [0.15, 0.2) is 0 Å². The van der Waals surface area contributed by atoms with Crippen molar-refractivity contribution in [3.63, 3.8) is 0 Å². The molecular weight excluding hydrogens is 701 g/mol. The fraction of sp³-hybridized carbons (Fsp3) is 0.0588. The van der Waals surface area contributed by atoms with Crippen LogP contribution in [0.3, 0.4) is 0 Å². The third kappa shape index (κ3) is 4.52. The summed E-state index contributed by atoms with van der Waals surface area (Å²) in [7, 11) is -1.52. The summed E-state index contributed by atoms with van der Waals surface area (Å²) in [5.74, 6) is 0. The fourth-order valence-corrected chi connectivity index (χ4v) is 10.2. The Hall–Kier alpha value is -6.82. The maximum absolute atomic E-state index is 6.56. The molecule has 5 heteroatoms. The number of furan rings is 2. The molecule has 266 valence electrons. The lowest BCUT2D eigenvalue weighted by Gasteiger charge is -2.16. The molecule has 0 amide bonds. The lowest BCUT2D eigenvalue weighted by Crippen LogP contribution is -2.37. The lowest BCUT2D eigenvalue weighted by atomic mass is 10.00. The molecule has 4 nitrogen and oxygen atoms in total. The average molecular weight is 737 g/mol. The van der Waals surface area contributed by atoms with E-state index in [-0.39, 0.29) is 0 Å². The zero-order chi connectivity index (χ0) is 37.3. The van der Waals surface area contributed by atoms with Crippen LogP contribution in [0.5, 0.6) is 0 Å². The quantitative estimate of drug-likeness (QED) is 0.169. The molecular formula is C51H36N2O2Si. The molecule has 0 atom stereocenters. The van der Waals surface area contributed by atoms with Gasteiger partial charge in [0.1, 0.15) is 22.3 Å². The summed E-state index contributed by atoms with van der Waals surface area (Å²) in [6.45, 7) is 7.21. The van der Waals surface area contributed by atoms with Crippen LogP contribution >= 0.6 is 0 Å². The van der Waals surface area contributed by atoms with E-state index in [1.54, 1.807) is 0 Å². The molecule has 4 aromatic heterocycles. The Kier molecular flexibility index (Phi) is 6.39. The summed E-state index contributed by atoms with van der Waals surface area (Å²) in [5.41, 5.74) is 12.9. The largest absolute Gasteiger partial charge is 0.456 e. The van der Waals surface area contributed by atoms with E-state index in [0.717, 1.165) is 55.5 Å². The van der Waals surface area contributed by atoms with Crippen LogP contribution in [0.2, 0.25) is 19.6 Å². The van der Waals surface area contributed by atoms with Crippen molar-refractivity contribution in [3.8, 4) is 22.5 Å². The molecule has 0 radical (unpaired) electrons. The van der Waals surface area contributed by atoms with E-state index >= 15 is 0 Å². The molecule has 0 bridgehead atoms. The Labute approximate surface area is 323 Å². The first-order chi connectivity index (χ1) is 27.4. The highest BCUT2D eigenvalue weighted by molar-refractivity contribution is 6.88. The van der Waals surface area contributed by atoms with Gasteiger partial charge in [-0.15, -0.1) is 0 Å². The van der Waals surface area contributed by atoms with Crippen molar-refractivity contribution >= 4 is 101 Å². The van der Waals surface area contributed by atoms with E-state index in [2.05, 4.69) is 187 Å². The molecule has 4 heterocycles. The van der Waals surface area contributed by atoms with Crippen molar-refractivity contribution in [1.82, 2.24) is 9.13 Å². The molecule has 0 fully saturated rings. The number of para-hydroxylation sites is 3. The number of hydrogen-bond donors (Lipinski definition) is 0. The Balaban J connectivity index is 1.12. The Morgan fingerprint density at radius 1 is 0.339 bits per heavy atom. The molecule has 8 aromatic carbocycles. The van der Waals surface area contributed by atoms with E-state index in [4.69, 9.17) is 8.83 Å². The molecule has 0 saturated carbocycles. The van der Waals surface area contributed by atoms with Crippen molar-refractivity contribution in [3.05, 3.63) is 164 Å². The van der Waals surface area contributed by atoms with Gasteiger partial charge in [0, 0.05) is 66.6 Å². The smallest absolute Gasteiger partial charge is 0.137 e. The summed E-state index contributed by atoms with van der Waals surface area (Å²) in [4.78, 5) is 0. The molecule has 0 unspecified atom stereocenters. The van der Waals surface area contributed by atoms with E-state index in [9.17, 15) is 0 Å². The van der Waals surface area contributed by atoms with E-state index in [0.29, 0.717) is 0 Å². The molecule has 0 saturated heterocycles. The van der Waals surface area contributed by atoms with E-state index in [1.165, 1.54) is 59.7 Å². The SMILES string of the molecule is C[Si](C)(C)c1ccc2oc3cc4c(cc3c2c1)c1cc(-c2ccc3c(c2)c2cc5c(cc2n3-c2ccccc2)oc2ccccc25)ccc1n4-c1ccccc1. The molecule has 0 spiro atoms. The van der Waals surface area contributed by atoms with Crippen LogP contribution < -0.4 is 5.19 Å². The van der Waals surface area contributed by atoms with Gasteiger partial charge in [-0.2, -0.15) is 0 Å². The lowest BCUT2D eigenvalue weighted by molar-refractivity contribution is 0.669. The Morgan fingerprint density at radius 3 is 1.36 bits per heavy atom. The van der Waals surface area contributed by atoms with Crippen LogP contribution in [-0.2, 0) is 0 Å². The number of fused-ring (bicyclic) bond motifs is 12. The minimum atomic E-state index is -1.52. The minimum Gasteiger partial charge on any atom is -0.456 e. The highest BCUT2D eigenvalue weighted by Gasteiger charge is 2.22. The van der Waals surface area contributed by atoms with Gasteiger partial charge in [-0.3, -0.25) is 0 Å². The molecule has 0 aliphatic carbocycles. The van der Waals surface area contributed by atoms with Gasteiger partial charge < -0.3 is 18.0 Å². The number of nitrogens with zero attached hydrogens (tertiary/aromatic N) is 2. The normalized spacial score (nSPS) is 12.6. The Morgan fingerprint density at radius 2 is 0.804 bits per heavy atom. The van der Waals surface area contributed by atoms with Gasteiger partial charge >= 0.3 is 0 Å². The summed E-state index contributed by atoms with van der Waals surface area (Å²) in [6, 6.07) is 59.5. The predicted molar refractivity (Wildman–Crippen MR) is 238 cm³/mol. The number of hydrogen-bond acceptors (Lipinski definition) is 2. The van der Waals surface area contributed by atoms with Crippen LogP contribution in [0.15, 0.2) is 173 Å². The Bertz CT molecular complexity index is 3560. The van der Waals surface area contributed by atoms with Crippen molar-refractivity contribution in [2.24, 2.45) is 0 Å². The van der Waals surface area contributed by atoms with Crippen molar-refractivity contribution in [2.45, 2.75) is 19.6 Å². The van der Waals surface area contributed by atoms with Crippen LogP contribution in [0.25, 0.3) is 110 Å². The fourth-order valence-electron chi connectivity index (χ4n) is 9.06. The second-order valence-electron chi connectivity index (χ2n) is 16.2. The van der Waals surface area contributed by atoms with E-state index < -0.39 is 8.07 Å². The third-order valence-electron chi connectivity index (χ3n) is 11.8. The number of aromatic nitrogens is 2. The van der Waals surface area contributed by atoms with Gasteiger partial charge in [-0.1, -0.05) is 104 Å². The summed E-state index contributed by atoms with van der Waals surface area (Å²) in [5, 5.41) is 10.9. The van der Waals surface area contributed by atoms with Crippen LogP contribution in [-0.4, -0.2) is 17.2 Å². The van der Waals surface area contributed by atoms with Crippen LogP contribution in [0.1, 0.15) is 0 Å². The highest BCUT2D eigenvalue weighted by atomic mass is 28.3. The highest BCUT2D eigenvalue weighted by Crippen LogP contribution is 2.42. The molecule has 0 aliphatic heterocycles. The molecule has 0 N–H and O–H groups in total. The average Bonchev–Trinajstić information content (AvgIpc) is 3.95. The van der Waals surface area contributed by atoms with Gasteiger partial charge in [0.25, 0.3) is 0 Å². The third-order valence-corrected chi connectivity index (χ3v) is 13.9. The molecule has 56 heavy (non-hydrogen) atoms. The first kappa shape index (κ1) is 31.5. The molecule has 12 rings (SSSR count). The second kappa shape index (κ2) is 11.4. The van der Waals surface area contributed by atoms with Crippen LogP contribution in [0.4, 0.5) is 0 Å². The van der Waals surface area contributed by atoms with Gasteiger partial charge in [-0.05, 0) is 83.9 Å². The zero-order valence-electron chi connectivity index (χ0n) is 31.3. The van der Waals surface area contributed by atoms with Gasteiger partial charge in [0.2, 0.25) is 0 Å². The van der Waals surface area contributed by atoms with Gasteiger partial charge in [0.05, 0.1) is 30.1 Å². The molecule has 12 aromatic rings. The first-order valence-corrected chi connectivity index (χ1v) is 22.8. The second-order valence-corrected chi connectivity index (χ2v) is 21.3. The predicted octanol–water partition coefficient (Wildman–Crippen LogP) is 13.9. The topological polar surface area (TPSA) is 36.1 Å². The summed E-state index contributed by atoms with van der Waals surface area (Å²) >= 11 is 0. The maximum atomic E-state index is 6.56. The van der Waals surface area contributed by atoms with E-state index in [1.807, 2.05) is 6.07 Å². The summed E-state index contributed by atoms with van der Waals surface area (Å²) < 4.78 is 17.7. The van der Waals surface area contributed by atoms with Gasteiger partial charge in [-0.25, -0.2) is 0 Å². The minimum absolute atomic E-state index is 0.899. The zero-order valence-corrected chi connectivity index (χ0v) is 32.3. The number of rotatable bonds is 4.